The van der Waals surface area contributed by atoms with Crippen molar-refractivity contribution in [3.05, 3.63) is 29.8 Å². The molecule has 1 N–H and O–H groups in total. The maximum absolute atomic E-state index is 5.80. The highest BCUT2D eigenvalue weighted by molar-refractivity contribution is 5.27. The molecular formula is C16H25NO. The maximum atomic E-state index is 5.80. The lowest BCUT2D eigenvalue weighted by Gasteiger charge is -2.25. The lowest BCUT2D eigenvalue weighted by molar-refractivity contribution is 0.180. The Labute approximate surface area is 111 Å². The van der Waals surface area contributed by atoms with Crippen LogP contribution in [0.15, 0.2) is 24.3 Å². The molecular weight excluding hydrogens is 222 g/mol. The summed E-state index contributed by atoms with van der Waals surface area (Å²) in [6, 6.07) is 9.19. The molecule has 18 heavy (non-hydrogen) atoms. The molecule has 100 valence electrons. The molecule has 1 fully saturated rings. The Morgan fingerprint density at radius 2 is 2.00 bits per heavy atom. The molecule has 0 saturated heterocycles. The third kappa shape index (κ3) is 4.02. The van der Waals surface area contributed by atoms with E-state index in [0.717, 1.165) is 24.7 Å². The minimum atomic E-state index is 0.583. The van der Waals surface area contributed by atoms with Gasteiger partial charge in [-0.2, -0.15) is 0 Å². The molecule has 0 aliphatic heterocycles. The molecule has 1 atom stereocenters. The Balaban J connectivity index is 1.73. The second-order valence-corrected chi connectivity index (χ2v) is 5.48. The zero-order valence-electron chi connectivity index (χ0n) is 11.6. The summed E-state index contributed by atoms with van der Waals surface area (Å²) >= 11 is 0. The molecule has 1 aliphatic rings. The quantitative estimate of drug-likeness (QED) is 0.797. The Morgan fingerprint density at radius 3 is 2.56 bits per heavy atom. The fourth-order valence-electron chi connectivity index (χ4n) is 2.15. The van der Waals surface area contributed by atoms with E-state index < -0.39 is 0 Å². The van der Waals surface area contributed by atoms with Crippen molar-refractivity contribution in [3.8, 4) is 5.75 Å². The maximum Gasteiger partial charge on any atom is 0.119 e. The number of benzene rings is 1. The number of ether oxygens (including phenoxy) is 1. The zero-order chi connectivity index (χ0) is 12.8. The van der Waals surface area contributed by atoms with E-state index in [1.807, 2.05) is 7.05 Å². The first-order valence-electron chi connectivity index (χ1n) is 7.17. The van der Waals surface area contributed by atoms with E-state index in [1.165, 1.54) is 31.2 Å². The third-order valence-corrected chi connectivity index (χ3v) is 3.99. The topological polar surface area (TPSA) is 21.3 Å². The van der Waals surface area contributed by atoms with Crippen molar-refractivity contribution in [2.75, 3.05) is 13.7 Å². The summed E-state index contributed by atoms with van der Waals surface area (Å²) in [6.07, 6.45) is 6.39. The highest BCUT2D eigenvalue weighted by atomic mass is 16.5. The molecule has 1 saturated carbocycles. The molecule has 0 amide bonds. The average Bonchev–Trinajstić information content (AvgIpc) is 2.35. The fourth-order valence-corrected chi connectivity index (χ4v) is 2.15. The van der Waals surface area contributed by atoms with Crippen molar-refractivity contribution in [1.82, 2.24) is 5.32 Å². The van der Waals surface area contributed by atoms with Crippen molar-refractivity contribution >= 4 is 0 Å². The first-order valence-corrected chi connectivity index (χ1v) is 7.17. The van der Waals surface area contributed by atoms with E-state index in [4.69, 9.17) is 4.74 Å². The van der Waals surface area contributed by atoms with Crippen LogP contribution >= 0.6 is 0 Å². The molecule has 0 spiro atoms. The van der Waals surface area contributed by atoms with Gasteiger partial charge < -0.3 is 10.1 Å². The lowest BCUT2D eigenvalue weighted by atomic mass is 9.86. The summed E-state index contributed by atoms with van der Waals surface area (Å²) in [5, 5.41) is 3.27. The zero-order valence-corrected chi connectivity index (χ0v) is 11.6. The first kappa shape index (κ1) is 13.4. The van der Waals surface area contributed by atoms with Gasteiger partial charge in [0.25, 0.3) is 0 Å². The van der Waals surface area contributed by atoms with Gasteiger partial charge in [-0.1, -0.05) is 18.6 Å². The van der Waals surface area contributed by atoms with E-state index >= 15 is 0 Å². The van der Waals surface area contributed by atoms with E-state index in [-0.39, 0.29) is 0 Å². The minimum absolute atomic E-state index is 0.583. The Morgan fingerprint density at radius 1 is 1.28 bits per heavy atom. The molecule has 1 unspecified atom stereocenters. The van der Waals surface area contributed by atoms with Gasteiger partial charge in [0.15, 0.2) is 0 Å². The molecule has 2 heteroatoms. The molecule has 2 nitrogen and oxygen atoms in total. The summed E-state index contributed by atoms with van der Waals surface area (Å²) in [5.74, 6) is 1.83. The molecule has 0 bridgehead atoms. The van der Waals surface area contributed by atoms with E-state index in [9.17, 15) is 0 Å². The number of hydrogen-bond acceptors (Lipinski definition) is 2. The average molecular weight is 247 g/mol. The molecule has 1 aliphatic carbocycles. The van der Waals surface area contributed by atoms with Crippen molar-refractivity contribution < 1.29 is 4.74 Å². The standard InChI is InChI=1S/C16H25NO/c1-13(17-2)6-7-14-8-10-16(11-9-14)18-12-15-4-3-5-15/h8-11,13,15,17H,3-7,12H2,1-2H3. The van der Waals surface area contributed by atoms with Gasteiger partial charge in [-0.25, -0.2) is 0 Å². The molecule has 0 heterocycles. The van der Waals surface area contributed by atoms with E-state index in [0.29, 0.717) is 6.04 Å². The Bertz CT molecular complexity index is 315. The molecule has 0 radical (unpaired) electrons. The number of aryl methyl sites for hydroxylation is 1. The summed E-state index contributed by atoms with van der Waals surface area (Å²) in [4.78, 5) is 0. The van der Waals surface area contributed by atoms with Gasteiger partial charge in [0.05, 0.1) is 6.61 Å². The lowest BCUT2D eigenvalue weighted by Crippen LogP contribution is -2.21. The van der Waals surface area contributed by atoms with Gasteiger partial charge in [-0.15, -0.1) is 0 Å². The summed E-state index contributed by atoms with van der Waals surface area (Å²) in [5.41, 5.74) is 1.40. The van der Waals surface area contributed by atoms with Crippen molar-refractivity contribution in [3.63, 3.8) is 0 Å². The van der Waals surface area contributed by atoms with E-state index in [1.54, 1.807) is 0 Å². The molecule has 0 aromatic heterocycles. The first-order chi connectivity index (χ1) is 8.78. The SMILES string of the molecule is CNC(C)CCc1ccc(OCC2CCC2)cc1. The second-order valence-electron chi connectivity index (χ2n) is 5.48. The van der Waals surface area contributed by atoms with Crippen LogP contribution < -0.4 is 10.1 Å². The van der Waals surface area contributed by atoms with Crippen LogP contribution in [0.2, 0.25) is 0 Å². The van der Waals surface area contributed by atoms with Gasteiger partial charge in [0.2, 0.25) is 0 Å². The Kier molecular flexibility index (Phi) is 5.06. The summed E-state index contributed by atoms with van der Waals surface area (Å²) in [6.45, 7) is 3.12. The van der Waals surface area contributed by atoms with Gasteiger partial charge >= 0.3 is 0 Å². The van der Waals surface area contributed by atoms with Crippen molar-refractivity contribution in [2.24, 2.45) is 5.92 Å². The largest absolute Gasteiger partial charge is 0.493 e. The summed E-state index contributed by atoms with van der Waals surface area (Å²) < 4.78 is 5.80. The fraction of sp³-hybridized carbons (Fsp3) is 0.625. The van der Waals surface area contributed by atoms with Gasteiger partial charge in [-0.05, 0) is 63.3 Å². The smallest absolute Gasteiger partial charge is 0.119 e. The predicted molar refractivity (Wildman–Crippen MR) is 76.1 cm³/mol. The molecule has 2 rings (SSSR count). The van der Waals surface area contributed by atoms with Crippen molar-refractivity contribution in [2.45, 2.75) is 45.1 Å². The molecule has 1 aromatic rings. The van der Waals surface area contributed by atoms with Gasteiger partial charge in [-0.3, -0.25) is 0 Å². The van der Waals surface area contributed by atoms with Crippen LogP contribution in [0.25, 0.3) is 0 Å². The third-order valence-electron chi connectivity index (χ3n) is 3.99. The predicted octanol–water partition coefficient (Wildman–Crippen LogP) is 3.41. The van der Waals surface area contributed by atoms with Crippen molar-refractivity contribution in [1.29, 1.82) is 0 Å². The van der Waals surface area contributed by atoms with Crippen LogP contribution in [0.5, 0.6) is 5.75 Å². The number of rotatable bonds is 7. The minimum Gasteiger partial charge on any atom is -0.493 e. The van der Waals surface area contributed by atoms with E-state index in [2.05, 4.69) is 36.5 Å². The van der Waals surface area contributed by atoms with Gasteiger partial charge in [0, 0.05) is 6.04 Å². The Hall–Kier alpha value is -1.02. The van der Waals surface area contributed by atoms with Crippen LogP contribution in [-0.4, -0.2) is 19.7 Å². The van der Waals surface area contributed by atoms with Crippen LogP contribution in [0.3, 0.4) is 0 Å². The summed E-state index contributed by atoms with van der Waals surface area (Å²) in [7, 11) is 2.02. The number of hydrogen-bond donors (Lipinski definition) is 1. The van der Waals surface area contributed by atoms with Gasteiger partial charge in [0.1, 0.15) is 5.75 Å². The van der Waals surface area contributed by atoms with Crippen LogP contribution in [-0.2, 0) is 6.42 Å². The highest BCUT2D eigenvalue weighted by Gasteiger charge is 2.17. The normalized spacial score (nSPS) is 17.2. The number of nitrogens with one attached hydrogen (secondary N) is 1. The molecule has 1 aromatic carbocycles. The van der Waals surface area contributed by atoms with Crippen LogP contribution in [0, 0.1) is 5.92 Å². The highest BCUT2D eigenvalue weighted by Crippen LogP contribution is 2.27. The van der Waals surface area contributed by atoms with Crippen LogP contribution in [0.1, 0.15) is 38.2 Å². The second kappa shape index (κ2) is 6.79. The van der Waals surface area contributed by atoms with Crippen LogP contribution in [0.4, 0.5) is 0 Å². The monoisotopic (exact) mass is 247 g/mol.